The number of carbonyl (C=O) groups is 1. The topological polar surface area (TPSA) is 54.5 Å². The molecule has 0 unspecified atom stereocenters. The number of anilines is 1. The summed E-state index contributed by atoms with van der Waals surface area (Å²) in [5.74, 6) is -1.77. The second-order valence-electron chi connectivity index (χ2n) is 6.30. The van der Waals surface area contributed by atoms with Gasteiger partial charge in [-0.1, -0.05) is 35.9 Å². The van der Waals surface area contributed by atoms with Gasteiger partial charge in [-0.3, -0.25) is 4.79 Å². The van der Waals surface area contributed by atoms with Gasteiger partial charge in [-0.2, -0.15) is 4.31 Å². The summed E-state index contributed by atoms with van der Waals surface area (Å²) < 4.78 is 41.7. The van der Waals surface area contributed by atoms with Crippen molar-refractivity contribution >= 4 is 33.2 Å². The number of amides is 1. The molecule has 0 aromatic heterocycles. The highest BCUT2D eigenvalue weighted by atomic mass is 35.5. The van der Waals surface area contributed by atoms with Gasteiger partial charge in [-0.05, 0) is 67.4 Å². The third kappa shape index (κ3) is 3.79. The van der Waals surface area contributed by atoms with E-state index in [1.807, 2.05) is 0 Å². The molecule has 7 heteroatoms. The number of carbonyl (C=O) groups excluding carboxylic acids is 1. The first-order chi connectivity index (χ1) is 13.2. The van der Waals surface area contributed by atoms with Crippen molar-refractivity contribution in [2.45, 2.75) is 18.7 Å². The van der Waals surface area contributed by atoms with E-state index in [0.717, 1.165) is 11.6 Å². The number of nitrogens with zero attached hydrogens (tertiary/aromatic N) is 1. The summed E-state index contributed by atoms with van der Waals surface area (Å²) in [5, 5.41) is 0.359. The third-order valence-electron chi connectivity index (χ3n) is 4.22. The number of hydrogen-bond acceptors (Lipinski definition) is 3. The first-order valence-corrected chi connectivity index (χ1v) is 10.2. The summed E-state index contributed by atoms with van der Waals surface area (Å²) in [6.07, 6.45) is 0. The number of sulfonamides is 1. The molecule has 0 heterocycles. The Hall–Kier alpha value is -2.70. The van der Waals surface area contributed by atoms with Crippen LogP contribution in [0, 0.1) is 19.7 Å². The lowest BCUT2D eigenvalue weighted by atomic mass is 10.1. The van der Waals surface area contributed by atoms with Gasteiger partial charge in [-0.25, -0.2) is 12.8 Å². The maximum atomic E-state index is 14.3. The summed E-state index contributed by atoms with van der Waals surface area (Å²) in [6.45, 7) is 3.47. The van der Waals surface area contributed by atoms with E-state index in [4.69, 9.17) is 11.6 Å². The Balaban J connectivity index is 2.26. The Morgan fingerprint density at radius 1 is 0.964 bits per heavy atom. The minimum Gasteiger partial charge on any atom is -0.267 e. The predicted molar refractivity (Wildman–Crippen MR) is 108 cm³/mol. The molecule has 0 radical (unpaired) electrons. The SMILES string of the molecule is Cc1ccc(C)c(N(C(=O)c2ccccc2F)S(=O)(=O)c2ccc(Cl)cc2)c1. The summed E-state index contributed by atoms with van der Waals surface area (Å²) in [5.41, 5.74) is 1.16. The van der Waals surface area contributed by atoms with Crippen LogP contribution in [0.3, 0.4) is 0 Å². The van der Waals surface area contributed by atoms with Crippen LogP contribution in [0.2, 0.25) is 5.02 Å². The molecule has 0 N–H and O–H groups in total. The predicted octanol–water partition coefficient (Wildman–Crippen LogP) is 5.13. The van der Waals surface area contributed by atoms with E-state index in [1.54, 1.807) is 32.0 Å². The molecule has 3 aromatic carbocycles. The molecule has 1 amide bonds. The molecular formula is C21H17ClFNO3S. The Morgan fingerprint density at radius 2 is 1.61 bits per heavy atom. The largest absolute Gasteiger partial charge is 0.275 e. The molecule has 0 aliphatic rings. The van der Waals surface area contributed by atoms with E-state index in [-0.39, 0.29) is 16.1 Å². The van der Waals surface area contributed by atoms with Gasteiger partial charge in [0, 0.05) is 5.02 Å². The molecule has 0 atom stereocenters. The van der Waals surface area contributed by atoms with Crippen LogP contribution in [0.25, 0.3) is 0 Å². The van der Waals surface area contributed by atoms with Crippen LogP contribution in [0.4, 0.5) is 10.1 Å². The zero-order chi connectivity index (χ0) is 20.5. The summed E-state index contributed by atoms with van der Waals surface area (Å²) in [4.78, 5) is 13.1. The highest BCUT2D eigenvalue weighted by Gasteiger charge is 2.34. The van der Waals surface area contributed by atoms with Gasteiger partial charge in [0.25, 0.3) is 15.9 Å². The van der Waals surface area contributed by atoms with E-state index in [1.165, 1.54) is 42.5 Å². The maximum absolute atomic E-state index is 14.3. The average Bonchev–Trinajstić information content (AvgIpc) is 2.65. The highest BCUT2D eigenvalue weighted by Crippen LogP contribution is 2.30. The van der Waals surface area contributed by atoms with E-state index >= 15 is 0 Å². The highest BCUT2D eigenvalue weighted by molar-refractivity contribution is 7.93. The van der Waals surface area contributed by atoms with Crippen molar-refractivity contribution in [3.63, 3.8) is 0 Å². The molecule has 4 nitrogen and oxygen atoms in total. The number of halogens is 2. The quantitative estimate of drug-likeness (QED) is 0.591. The molecule has 0 aliphatic heterocycles. The fourth-order valence-electron chi connectivity index (χ4n) is 2.74. The van der Waals surface area contributed by atoms with Gasteiger partial charge in [-0.15, -0.1) is 0 Å². The molecule has 0 aliphatic carbocycles. The lowest BCUT2D eigenvalue weighted by molar-refractivity contribution is 0.100. The van der Waals surface area contributed by atoms with Gasteiger partial charge in [0.1, 0.15) is 5.82 Å². The first-order valence-electron chi connectivity index (χ1n) is 8.39. The van der Waals surface area contributed by atoms with Gasteiger partial charge in [0.2, 0.25) is 0 Å². The van der Waals surface area contributed by atoms with Crippen LogP contribution < -0.4 is 4.31 Å². The van der Waals surface area contributed by atoms with Gasteiger partial charge >= 0.3 is 0 Å². The third-order valence-corrected chi connectivity index (χ3v) is 6.19. The fourth-order valence-corrected chi connectivity index (χ4v) is 4.33. The second kappa shape index (κ2) is 7.73. The summed E-state index contributed by atoms with van der Waals surface area (Å²) >= 11 is 5.86. The maximum Gasteiger partial charge on any atom is 0.275 e. The molecule has 0 bridgehead atoms. The van der Waals surface area contributed by atoms with E-state index in [9.17, 15) is 17.6 Å². The van der Waals surface area contributed by atoms with Gasteiger partial charge < -0.3 is 0 Å². The number of benzene rings is 3. The van der Waals surface area contributed by atoms with E-state index < -0.39 is 21.7 Å². The Morgan fingerprint density at radius 3 is 2.25 bits per heavy atom. The number of hydrogen-bond donors (Lipinski definition) is 0. The molecule has 0 fully saturated rings. The molecule has 3 aromatic rings. The first kappa shape index (κ1) is 20.0. The van der Waals surface area contributed by atoms with Crippen molar-refractivity contribution in [1.82, 2.24) is 0 Å². The molecule has 144 valence electrons. The van der Waals surface area contributed by atoms with E-state index in [0.29, 0.717) is 14.9 Å². The van der Waals surface area contributed by atoms with Crippen molar-refractivity contribution in [3.8, 4) is 0 Å². The van der Waals surface area contributed by atoms with Gasteiger partial charge in [0.15, 0.2) is 0 Å². The van der Waals surface area contributed by atoms with Crippen LogP contribution in [0.1, 0.15) is 21.5 Å². The minimum atomic E-state index is -4.32. The van der Waals surface area contributed by atoms with Crippen molar-refractivity contribution in [2.24, 2.45) is 0 Å². The lowest BCUT2D eigenvalue weighted by Gasteiger charge is -2.25. The lowest BCUT2D eigenvalue weighted by Crippen LogP contribution is -2.38. The van der Waals surface area contributed by atoms with Crippen molar-refractivity contribution in [1.29, 1.82) is 0 Å². The summed E-state index contributed by atoms with van der Waals surface area (Å²) in [7, 11) is -4.32. The smallest absolute Gasteiger partial charge is 0.267 e. The van der Waals surface area contributed by atoms with Gasteiger partial charge in [0.05, 0.1) is 16.1 Å². The summed E-state index contributed by atoms with van der Waals surface area (Å²) in [6, 6.07) is 15.8. The molecule has 0 saturated carbocycles. The number of aryl methyl sites for hydroxylation is 2. The standard InChI is InChI=1S/C21H17ClFNO3S/c1-14-7-8-15(2)20(13-14)24(21(25)18-5-3-4-6-19(18)23)28(26,27)17-11-9-16(22)10-12-17/h3-13H,1-2H3. The van der Waals surface area contributed by atoms with Crippen LogP contribution in [-0.2, 0) is 10.0 Å². The van der Waals surface area contributed by atoms with Crippen molar-refractivity contribution in [3.05, 3.63) is 94.3 Å². The molecule has 3 rings (SSSR count). The average molecular weight is 418 g/mol. The fraction of sp³-hybridized carbons (Fsp3) is 0.0952. The second-order valence-corrected chi connectivity index (χ2v) is 8.52. The monoisotopic (exact) mass is 417 g/mol. The molecule has 28 heavy (non-hydrogen) atoms. The Bertz CT molecular complexity index is 1140. The Labute approximate surface area is 168 Å². The minimum absolute atomic E-state index is 0.123. The Kier molecular flexibility index (Phi) is 5.54. The zero-order valence-electron chi connectivity index (χ0n) is 15.2. The molecule has 0 spiro atoms. The van der Waals surface area contributed by atoms with Crippen LogP contribution in [0.5, 0.6) is 0 Å². The van der Waals surface area contributed by atoms with E-state index in [2.05, 4.69) is 0 Å². The van der Waals surface area contributed by atoms with Crippen LogP contribution in [0.15, 0.2) is 71.6 Å². The zero-order valence-corrected chi connectivity index (χ0v) is 16.8. The van der Waals surface area contributed by atoms with Crippen LogP contribution >= 0.6 is 11.6 Å². The number of rotatable bonds is 4. The normalized spacial score (nSPS) is 11.3. The van der Waals surface area contributed by atoms with Crippen LogP contribution in [-0.4, -0.2) is 14.3 Å². The molecule has 0 saturated heterocycles. The van der Waals surface area contributed by atoms with Crippen molar-refractivity contribution < 1.29 is 17.6 Å². The molecular weight excluding hydrogens is 401 g/mol. The van der Waals surface area contributed by atoms with Crippen molar-refractivity contribution in [2.75, 3.05) is 4.31 Å².